The summed E-state index contributed by atoms with van der Waals surface area (Å²) < 4.78 is 31.6. The van der Waals surface area contributed by atoms with Crippen molar-refractivity contribution in [3.8, 4) is 5.75 Å². The van der Waals surface area contributed by atoms with E-state index in [1.807, 2.05) is 6.26 Å². The summed E-state index contributed by atoms with van der Waals surface area (Å²) in [6.45, 7) is 0.206. The van der Waals surface area contributed by atoms with Crippen LogP contribution in [0.1, 0.15) is 29.6 Å². The highest BCUT2D eigenvalue weighted by atomic mass is 35.5. The van der Waals surface area contributed by atoms with Crippen molar-refractivity contribution >= 4 is 56.4 Å². The van der Waals surface area contributed by atoms with Crippen molar-refractivity contribution < 1.29 is 22.7 Å². The minimum Gasteiger partial charge on any atom is -0.489 e. The Balaban J connectivity index is 1.96. The average Bonchev–Trinajstić information content (AvgIpc) is 3.15. The molecule has 0 saturated heterocycles. The van der Waals surface area contributed by atoms with Gasteiger partial charge in [-0.2, -0.15) is 0 Å². The van der Waals surface area contributed by atoms with E-state index in [1.165, 1.54) is 28.6 Å². The van der Waals surface area contributed by atoms with Crippen molar-refractivity contribution in [3.63, 3.8) is 0 Å². The Morgan fingerprint density at radius 1 is 1.29 bits per heavy atom. The standard InChI is InChI=1S/C18H18Cl2N4O5S2/c1-30-18-21-22-23-24(18)8-9-29-17-13(31(2,27)28)7-6-10(15(17)20)16(26)14-11(19)4-3-5-12(14)25/h6-7H,3-5,8-9H2,1-2H3. The van der Waals surface area contributed by atoms with Gasteiger partial charge in [0.15, 0.2) is 27.2 Å². The fourth-order valence-corrected chi connectivity index (χ4v) is 5.00. The molecule has 0 atom stereocenters. The number of ether oxygens (including phenoxy) is 1. The summed E-state index contributed by atoms with van der Waals surface area (Å²) >= 11 is 13.9. The van der Waals surface area contributed by atoms with Gasteiger partial charge in [-0.25, -0.2) is 13.1 Å². The van der Waals surface area contributed by atoms with E-state index in [9.17, 15) is 18.0 Å². The van der Waals surface area contributed by atoms with Gasteiger partial charge in [-0.05, 0) is 41.7 Å². The average molecular weight is 505 g/mol. The number of ketones is 2. The van der Waals surface area contributed by atoms with Gasteiger partial charge in [-0.1, -0.05) is 35.0 Å². The Bertz CT molecular complexity index is 1180. The first-order chi connectivity index (χ1) is 14.6. The largest absolute Gasteiger partial charge is 0.489 e. The van der Waals surface area contributed by atoms with Gasteiger partial charge in [0.05, 0.1) is 17.1 Å². The number of benzene rings is 1. The minimum absolute atomic E-state index is 0.0130. The Morgan fingerprint density at radius 3 is 2.68 bits per heavy atom. The van der Waals surface area contributed by atoms with Crippen LogP contribution in [0.4, 0.5) is 0 Å². The van der Waals surface area contributed by atoms with Crippen LogP contribution in [0.25, 0.3) is 0 Å². The molecule has 0 fully saturated rings. The van der Waals surface area contributed by atoms with Gasteiger partial charge < -0.3 is 4.74 Å². The molecule has 9 nitrogen and oxygen atoms in total. The fraction of sp³-hybridized carbons (Fsp3) is 0.389. The zero-order valence-corrected chi connectivity index (χ0v) is 19.7. The van der Waals surface area contributed by atoms with E-state index in [0.29, 0.717) is 18.0 Å². The molecule has 31 heavy (non-hydrogen) atoms. The second-order valence-corrected chi connectivity index (χ2v) is 10.2. The summed E-state index contributed by atoms with van der Waals surface area (Å²) in [4.78, 5) is 25.1. The first kappa shape index (κ1) is 23.7. The van der Waals surface area contributed by atoms with E-state index >= 15 is 0 Å². The van der Waals surface area contributed by atoms with Gasteiger partial charge in [0.25, 0.3) is 0 Å². The number of aromatic nitrogens is 4. The van der Waals surface area contributed by atoms with Crippen LogP contribution < -0.4 is 4.74 Å². The molecule has 166 valence electrons. The molecule has 2 aromatic rings. The lowest BCUT2D eigenvalue weighted by molar-refractivity contribution is -0.115. The van der Waals surface area contributed by atoms with Gasteiger partial charge >= 0.3 is 0 Å². The third kappa shape index (κ3) is 5.11. The Hall–Kier alpha value is -1.95. The van der Waals surface area contributed by atoms with E-state index in [-0.39, 0.29) is 57.2 Å². The summed E-state index contributed by atoms with van der Waals surface area (Å²) in [6.07, 6.45) is 4.01. The molecule has 1 aliphatic rings. The number of carbonyl (C=O) groups is 2. The number of Topliss-reactive ketones (excluding diaryl/α,β-unsaturated/α-hetero) is 2. The number of thioether (sulfide) groups is 1. The number of tetrazole rings is 1. The molecule has 0 spiro atoms. The Morgan fingerprint density at radius 2 is 2.03 bits per heavy atom. The molecule has 0 radical (unpaired) electrons. The summed E-state index contributed by atoms with van der Waals surface area (Å²) in [7, 11) is -3.72. The third-order valence-electron chi connectivity index (χ3n) is 4.51. The van der Waals surface area contributed by atoms with Crippen LogP contribution in [0.2, 0.25) is 5.02 Å². The zero-order chi connectivity index (χ0) is 22.8. The van der Waals surface area contributed by atoms with E-state index in [4.69, 9.17) is 27.9 Å². The number of sulfone groups is 1. The minimum atomic E-state index is -3.72. The molecule has 0 aliphatic heterocycles. The van der Waals surface area contributed by atoms with Gasteiger partial charge in [0.1, 0.15) is 11.5 Å². The van der Waals surface area contributed by atoms with Crippen LogP contribution in [0.5, 0.6) is 5.75 Å². The van der Waals surface area contributed by atoms with Crippen LogP contribution in [-0.4, -0.2) is 59.3 Å². The Kier molecular flexibility index (Phi) is 7.40. The molecule has 3 rings (SSSR count). The predicted molar refractivity (Wildman–Crippen MR) is 116 cm³/mol. The highest BCUT2D eigenvalue weighted by Crippen LogP contribution is 2.38. The molecule has 13 heteroatoms. The van der Waals surface area contributed by atoms with E-state index < -0.39 is 15.6 Å². The number of halogens is 2. The maximum atomic E-state index is 13.0. The van der Waals surface area contributed by atoms with Crippen molar-refractivity contribution in [2.45, 2.75) is 35.9 Å². The molecule has 1 aromatic heterocycles. The number of hydrogen-bond acceptors (Lipinski definition) is 9. The highest BCUT2D eigenvalue weighted by molar-refractivity contribution is 7.98. The summed E-state index contributed by atoms with van der Waals surface area (Å²) in [5.74, 6) is -1.20. The summed E-state index contributed by atoms with van der Waals surface area (Å²) in [5.41, 5.74) is -0.175. The van der Waals surface area contributed by atoms with Crippen molar-refractivity contribution in [1.29, 1.82) is 0 Å². The van der Waals surface area contributed by atoms with Crippen LogP contribution in [0.15, 0.2) is 32.8 Å². The molecular weight excluding hydrogens is 487 g/mol. The van der Waals surface area contributed by atoms with Crippen LogP contribution in [0.3, 0.4) is 0 Å². The van der Waals surface area contributed by atoms with Crippen LogP contribution in [0, 0.1) is 0 Å². The SMILES string of the molecule is CSc1nnnn1CCOc1c(S(C)(=O)=O)ccc(C(=O)C2=C(Cl)CCCC2=O)c1Cl. The molecule has 1 heterocycles. The highest BCUT2D eigenvalue weighted by Gasteiger charge is 2.30. The quantitative estimate of drug-likeness (QED) is 0.303. The molecule has 0 amide bonds. The number of hydrogen-bond donors (Lipinski definition) is 0. The van der Waals surface area contributed by atoms with E-state index in [1.54, 1.807) is 0 Å². The van der Waals surface area contributed by atoms with Crippen molar-refractivity contribution in [2.75, 3.05) is 19.1 Å². The summed E-state index contributed by atoms with van der Waals surface area (Å²) in [6, 6.07) is 2.50. The summed E-state index contributed by atoms with van der Waals surface area (Å²) in [5, 5.41) is 11.8. The lowest BCUT2D eigenvalue weighted by atomic mass is 9.91. The van der Waals surface area contributed by atoms with Crippen LogP contribution in [-0.2, 0) is 21.2 Å². The maximum absolute atomic E-state index is 13.0. The first-order valence-electron chi connectivity index (χ1n) is 9.07. The third-order valence-corrected chi connectivity index (χ3v) is 7.04. The molecule has 0 saturated carbocycles. The van der Waals surface area contributed by atoms with Gasteiger partial charge in [-0.15, -0.1) is 5.10 Å². The number of rotatable bonds is 8. The Labute approximate surface area is 193 Å². The molecule has 1 aliphatic carbocycles. The lowest BCUT2D eigenvalue weighted by Gasteiger charge is -2.17. The molecular formula is C18H18Cl2N4O5S2. The number of nitrogens with zero attached hydrogens (tertiary/aromatic N) is 4. The first-order valence-corrected chi connectivity index (χ1v) is 12.9. The lowest BCUT2D eigenvalue weighted by Crippen LogP contribution is -2.19. The molecule has 0 N–H and O–H groups in total. The second-order valence-electron chi connectivity index (χ2n) is 6.65. The maximum Gasteiger partial charge on any atom is 0.209 e. The van der Waals surface area contributed by atoms with Crippen molar-refractivity contribution in [2.24, 2.45) is 0 Å². The van der Waals surface area contributed by atoms with Gasteiger partial charge in [0, 0.05) is 23.3 Å². The topological polar surface area (TPSA) is 121 Å². The zero-order valence-electron chi connectivity index (χ0n) is 16.6. The molecule has 0 unspecified atom stereocenters. The monoisotopic (exact) mass is 504 g/mol. The van der Waals surface area contributed by atoms with Gasteiger partial charge in [0.2, 0.25) is 5.16 Å². The smallest absolute Gasteiger partial charge is 0.209 e. The second kappa shape index (κ2) is 9.68. The molecule has 0 bridgehead atoms. The van der Waals surface area contributed by atoms with Crippen LogP contribution >= 0.6 is 35.0 Å². The predicted octanol–water partition coefficient (Wildman–Crippen LogP) is 2.96. The van der Waals surface area contributed by atoms with Gasteiger partial charge in [-0.3, -0.25) is 9.59 Å². The number of allylic oxidation sites excluding steroid dienone is 2. The number of carbonyl (C=O) groups excluding carboxylic acids is 2. The van der Waals surface area contributed by atoms with E-state index in [2.05, 4.69) is 15.5 Å². The van der Waals surface area contributed by atoms with Crippen molar-refractivity contribution in [3.05, 3.63) is 33.3 Å². The fourth-order valence-electron chi connectivity index (χ4n) is 3.05. The normalized spacial score (nSPS) is 14.8. The van der Waals surface area contributed by atoms with E-state index in [0.717, 1.165) is 6.26 Å². The molecule has 1 aromatic carbocycles. The van der Waals surface area contributed by atoms with Crippen molar-refractivity contribution in [1.82, 2.24) is 20.2 Å².